The quantitative estimate of drug-likeness (QED) is 0.688. The number of esters is 1. The maximum atomic E-state index is 13.8. The molecule has 128 valence electrons. The molecule has 1 aromatic carbocycles. The third-order valence-corrected chi connectivity index (χ3v) is 3.27. The number of ether oxygens (including phenoxy) is 1. The number of hydrogen-bond acceptors (Lipinski definition) is 7. The van der Waals surface area contributed by atoms with E-state index >= 15 is 0 Å². The summed E-state index contributed by atoms with van der Waals surface area (Å²) in [5, 5.41) is 10.6. The summed E-state index contributed by atoms with van der Waals surface area (Å²) in [6.07, 6.45) is 1.38. The molecule has 1 N–H and O–H groups in total. The fraction of sp³-hybridized carbons (Fsp3) is 0.176. The van der Waals surface area contributed by atoms with Crippen LogP contribution in [-0.2, 0) is 11.3 Å². The van der Waals surface area contributed by atoms with E-state index < -0.39 is 5.97 Å². The van der Waals surface area contributed by atoms with Gasteiger partial charge >= 0.3 is 5.97 Å². The van der Waals surface area contributed by atoms with E-state index in [1.165, 1.54) is 18.3 Å². The van der Waals surface area contributed by atoms with Crippen molar-refractivity contribution in [1.29, 1.82) is 0 Å². The Labute approximate surface area is 142 Å². The van der Waals surface area contributed by atoms with E-state index in [0.29, 0.717) is 17.0 Å². The van der Waals surface area contributed by atoms with Gasteiger partial charge in [0.05, 0.1) is 25.0 Å². The standard InChI is InChI=1S/C17H15FN4O3/c1-2-24-16(23)15-8-7-11(25-15)9-19-17-21-14(10-20-22-17)12-5-3-4-6-13(12)18/h3-8,10H,2,9H2,1H3,(H,19,21,22). The summed E-state index contributed by atoms with van der Waals surface area (Å²) in [7, 11) is 0. The Balaban J connectivity index is 1.69. The molecule has 0 atom stereocenters. The van der Waals surface area contributed by atoms with Crippen LogP contribution in [0.25, 0.3) is 11.3 Å². The number of benzene rings is 1. The van der Waals surface area contributed by atoms with Gasteiger partial charge in [0.15, 0.2) is 0 Å². The fourth-order valence-electron chi connectivity index (χ4n) is 2.13. The lowest BCUT2D eigenvalue weighted by atomic mass is 10.1. The van der Waals surface area contributed by atoms with Crippen molar-refractivity contribution in [2.45, 2.75) is 13.5 Å². The normalized spacial score (nSPS) is 10.5. The molecule has 2 aromatic heterocycles. The Morgan fingerprint density at radius 2 is 2.12 bits per heavy atom. The molecular formula is C17H15FN4O3. The Kier molecular flexibility index (Phi) is 4.98. The smallest absolute Gasteiger partial charge is 0.374 e. The van der Waals surface area contributed by atoms with Crippen LogP contribution in [0, 0.1) is 5.82 Å². The monoisotopic (exact) mass is 342 g/mol. The maximum absolute atomic E-state index is 13.8. The van der Waals surface area contributed by atoms with Crippen LogP contribution in [0.3, 0.4) is 0 Å². The second-order valence-corrected chi connectivity index (χ2v) is 4.99. The van der Waals surface area contributed by atoms with E-state index in [9.17, 15) is 9.18 Å². The molecule has 3 aromatic rings. The average Bonchev–Trinajstić information content (AvgIpc) is 3.10. The van der Waals surface area contributed by atoms with Crippen molar-refractivity contribution in [2.75, 3.05) is 11.9 Å². The number of anilines is 1. The molecule has 0 aliphatic heterocycles. The lowest BCUT2D eigenvalue weighted by Crippen LogP contribution is -2.05. The fourth-order valence-corrected chi connectivity index (χ4v) is 2.13. The minimum absolute atomic E-state index is 0.123. The third kappa shape index (κ3) is 3.97. The van der Waals surface area contributed by atoms with Gasteiger partial charge in [-0.25, -0.2) is 14.2 Å². The van der Waals surface area contributed by atoms with Crippen LogP contribution in [-0.4, -0.2) is 27.8 Å². The van der Waals surface area contributed by atoms with Crippen molar-refractivity contribution < 1.29 is 18.3 Å². The van der Waals surface area contributed by atoms with Gasteiger partial charge < -0.3 is 14.5 Å². The number of nitrogens with one attached hydrogen (secondary N) is 1. The van der Waals surface area contributed by atoms with Crippen molar-refractivity contribution >= 4 is 11.9 Å². The van der Waals surface area contributed by atoms with Gasteiger partial charge in [0.2, 0.25) is 11.7 Å². The molecule has 2 heterocycles. The van der Waals surface area contributed by atoms with Gasteiger partial charge in [-0.2, -0.15) is 5.10 Å². The lowest BCUT2D eigenvalue weighted by molar-refractivity contribution is 0.0488. The number of hydrogen-bond donors (Lipinski definition) is 1. The van der Waals surface area contributed by atoms with Gasteiger partial charge in [-0.1, -0.05) is 12.1 Å². The number of halogens is 1. The Bertz CT molecular complexity index is 882. The minimum Gasteiger partial charge on any atom is -0.460 e. The first-order chi connectivity index (χ1) is 12.2. The van der Waals surface area contributed by atoms with Crippen molar-refractivity contribution in [3.05, 3.63) is 59.9 Å². The lowest BCUT2D eigenvalue weighted by Gasteiger charge is -2.05. The van der Waals surface area contributed by atoms with Gasteiger partial charge in [0.1, 0.15) is 11.6 Å². The number of aromatic nitrogens is 3. The summed E-state index contributed by atoms with van der Waals surface area (Å²) >= 11 is 0. The van der Waals surface area contributed by atoms with E-state index in [1.807, 2.05) is 0 Å². The zero-order valence-electron chi connectivity index (χ0n) is 13.4. The first-order valence-electron chi connectivity index (χ1n) is 7.61. The summed E-state index contributed by atoms with van der Waals surface area (Å²) in [5.41, 5.74) is 0.699. The molecule has 0 aliphatic carbocycles. The minimum atomic E-state index is -0.520. The second-order valence-electron chi connectivity index (χ2n) is 4.99. The van der Waals surface area contributed by atoms with Gasteiger partial charge in [0, 0.05) is 5.56 Å². The van der Waals surface area contributed by atoms with E-state index in [4.69, 9.17) is 9.15 Å². The molecule has 0 amide bonds. The first-order valence-corrected chi connectivity index (χ1v) is 7.61. The highest BCUT2D eigenvalue weighted by Crippen LogP contribution is 2.20. The van der Waals surface area contributed by atoms with Crippen LogP contribution in [0.4, 0.5) is 10.3 Å². The van der Waals surface area contributed by atoms with Crippen molar-refractivity contribution in [2.24, 2.45) is 0 Å². The van der Waals surface area contributed by atoms with Gasteiger partial charge in [-0.05, 0) is 31.2 Å². The molecule has 3 rings (SSSR count). The number of carbonyl (C=O) groups is 1. The molecule has 25 heavy (non-hydrogen) atoms. The van der Waals surface area contributed by atoms with Gasteiger partial charge in [-0.15, -0.1) is 5.10 Å². The van der Waals surface area contributed by atoms with Crippen molar-refractivity contribution in [3.63, 3.8) is 0 Å². The molecule has 0 bridgehead atoms. The Morgan fingerprint density at radius 3 is 2.92 bits per heavy atom. The van der Waals surface area contributed by atoms with E-state index in [0.717, 1.165) is 0 Å². The maximum Gasteiger partial charge on any atom is 0.374 e. The molecule has 0 aliphatic rings. The zero-order chi connectivity index (χ0) is 17.6. The van der Waals surface area contributed by atoms with Gasteiger partial charge in [-0.3, -0.25) is 0 Å². The number of carbonyl (C=O) groups excluding carboxylic acids is 1. The third-order valence-electron chi connectivity index (χ3n) is 3.27. The highest BCUT2D eigenvalue weighted by Gasteiger charge is 2.12. The molecule has 8 heteroatoms. The molecule has 7 nitrogen and oxygen atoms in total. The second kappa shape index (κ2) is 7.52. The SMILES string of the molecule is CCOC(=O)c1ccc(CNc2nncc(-c3ccccc3F)n2)o1. The molecule has 0 fully saturated rings. The summed E-state index contributed by atoms with van der Waals surface area (Å²) in [6.45, 7) is 2.23. The number of furan rings is 1. The summed E-state index contributed by atoms with van der Waals surface area (Å²) in [6, 6.07) is 9.46. The highest BCUT2D eigenvalue weighted by molar-refractivity contribution is 5.86. The topological polar surface area (TPSA) is 90.1 Å². The van der Waals surface area contributed by atoms with E-state index in [1.54, 1.807) is 31.2 Å². The predicted octanol–water partition coefficient (Wildman–Crippen LogP) is 3.06. The summed E-state index contributed by atoms with van der Waals surface area (Å²) < 4.78 is 24.1. The molecule has 0 unspecified atom stereocenters. The van der Waals surface area contributed by atoms with Crippen molar-refractivity contribution in [1.82, 2.24) is 15.2 Å². The van der Waals surface area contributed by atoms with Crippen LogP contribution in [0.1, 0.15) is 23.2 Å². The highest BCUT2D eigenvalue weighted by atomic mass is 19.1. The molecule has 0 saturated carbocycles. The van der Waals surface area contributed by atoms with Crippen LogP contribution < -0.4 is 5.32 Å². The summed E-state index contributed by atoms with van der Waals surface area (Å²) in [4.78, 5) is 15.8. The van der Waals surface area contributed by atoms with E-state index in [-0.39, 0.29) is 30.7 Å². The zero-order valence-corrected chi connectivity index (χ0v) is 13.4. The van der Waals surface area contributed by atoms with Gasteiger partial charge in [0.25, 0.3) is 0 Å². The average molecular weight is 342 g/mol. The summed E-state index contributed by atoms with van der Waals surface area (Å²) in [5.74, 6) is -0.0668. The largest absolute Gasteiger partial charge is 0.460 e. The first kappa shape index (κ1) is 16.6. The predicted molar refractivity (Wildman–Crippen MR) is 87.2 cm³/mol. The van der Waals surface area contributed by atoms with Crippen LogP contribution in [0.5, 0.6) is 0 Å². The number of rotatable bonds is 6. The van der Waals surface area contributed by atoms with E-state index in [2.05, 4.69) is 20.5 Å². The Morgan fingerprint density at radius 1 is 1.28 bits per heavy atom. The molecule has 0 spiro atoms. The van der Waals surface area contributed by atoms with Crippen LogP contribution in [0.2, 0.25) is 0 Å². The van der Waals surface area contributed by atoms with Crippen LogP contribution >= 0.6 is 0 Å². The number of nitrogens with zero attached hydrogens (tertiary/aromatic N) is 3. The molecular weight excluding hydrogens is 327 g/mol. The molecule has 0 saturated heterocycles. The Hall–Kier alpha value is -3.29. The van der Waals surface area contributed by atoms with Crippen molar-refractivity contribution in [3.8, 4) is 11.3 Å². The van der Waals surface area contributed by atoms with Crippen LogP contribution in [0.15, 0.2) is 47.0 Å². The molecule has 0 radical (unpaired) electrons.